The Balaban J connectivity index is 1.66. The molecule has 1 aliphatic rings. The molecule has 3 unspecified atom stereocenters. The monoisotopic (exact) mass is 263 g/mol. The minimum atomic E-state index is 0.338. The van der Waals surface area contributed by atoms with Crippen molar-refractivity contribution in [3.63, 3.8) is 0 Å². The number of hydrogen-bond donors (Lipinski definition) is 2. The number of nitrogens with one attached hydrogen (secondary N) is 1. The van der Waals surface area contributed by atoms with Crippen molar-refractivity contribution in [2.24, 2.45) is 5.92 Å². The van der Waals surface area contributed by atoms with E-state index in [2.05, 4.69) is 19.2 Å². The standard InChI is InChI=1S/C16H25NO2/c1-12(17-11-15-9-10-19-13(15)2)3-4-14-5-7-16(18)8-6-14/h5-8,12-13,15,17-18H,3-4,9-11H2,1-2H3. The van der Waals surface area contributed by atoms with E-state index in [1.54, 1.807) is 12.1 Å². The van der Waals surface area contributed by atoms with Crippen LogP contribution in [0.2, 0.25) is 0 Å². The predicted octanol–water partition coefficient (Wildman–Crippen LogP) is 2.73. The lowest BCUT2D eigenvalue weighted by molar-refractivity contribution is 0.105. The van der Waals surface area contributed by atoms with E-state index in [0.717, 1.165) is 26.0 Å². The van der Waals surface area contributed by atoms with E-state index in [0.29, 0.717) is 23.8 Å². The summed E-state index contributed by atoms with van der Waals surface area (Å²) in [4.78, 5) is 0. The fourth-order valence-electron chi connectivity index (χ4n) is 2.54. The van der Waals surface area contributed by atoms with Gasteiger partial charge in [-0.3, -0.25) is 0 Å². The summed E-state index contributed by atoms with van der Waals surface area (Å²) in [6.45, 7) is 6.37. The van der Waals surface area contributed by atoms with Gasteiger partial charge in [0.25, 0.3) is 0 Å². The van der Waals surface area contributed by atoms with E-state index >= 15 is 0 Å². The van der Waals surface area contributed by atoms with Crippen LogP contribution in [0.4, 0.5) is 0 Å². The van der Waals surface area contributed by atoms with Crippen molar-refractivity contribution >= 4 is 0 Å². The lowest BCUT2D eigenvalue weighted by Crippen LogP contribution is -2.33. The van der Waals surface area contributed by atoms with E-state index in [1.807, 2.05) is 12.1 Å². The number of aryl methyl sites for hydroxylation is 1. The largest absolute Gasteiger partial charge is 0.508 e. The van der Waals surface area contributed by atoms with Gasteiger partial charge >= 0.3 is 0 Å². The maximum Gasteiger partial charge on any atom is 0.115 e. The second kappa shape index (κ2) is 6.92. The quantitative estimate of drug-likeness (QED) is 0.829. The zero-order valence-electron chi connectivity index (χ0n) is 11.9. The van der Waals surface area contributed by atoms with Gasteiger partial charge in [0.15, 0.2) is 0 Å². The molecule has 0 spiro atoms. The minimum Gasteiger partial charge on any atom is -0.508 e. The molecule has 0 bridgehead atoms. The van der Waals surface area contributed by atoms with Gasteiger partial charge in [0.1, 0.15) is 5.75 Å². The SMILES string of the molecule is CC(CCc1ccc(O)cc1)NCC1CCOC1C. The molecule has 2 rings (SSSR count). The summed E-state index contributed by atoms with van der Waals surface area (Å²) in [5.41, 5.74) is 1.28. The van der Waals surface area contributed by atoms with Crippen LogP contribution in [0, 0.1) is 5.92 Å². The molecule has 3 atom stereocenters. The summed E-state index contributed by atoms with van der Waals surface area (Å²) in [7, 11) is 0. The van der Waals surface area contributed by atoms with E-state index in [4.69, 9.17) is 4.74 Å². The van der Waals surface area contributed by atoms with Gasteiger partial charge in [-0.1, -0.05) is 12.1 Å². The van der Waals surface area contributed by atoms with Crippen LogP contribution in [0.15, 0.2) is 24.3 Å². The van der Waals surface area contributed by atoms with Crippen molar-refractivity contribution in [2.75, 3.05) is 13.2 Å². The average molecular weight is 263 g/mol. The summed E-state index contributed by atoms with van der Waals surface area (Å²) < 4.78 is 5.57. The Morgan fingerprint density at radius 3 is 2.74 bits per heavy atom. The number of benzene rings is 1. The molecule has 1 saturated heterocycles. The van der Waals surface area contributed by atoms with Crippen molar-refractivity contribution in [1.82, 2.24) is 5.32 Å². The number of ether oxygens (including phenoxy) is 1. The van der Waals surface area contributed by atoms with Crippen LogP contribution in [0.1, 0.15) is 32.3 Å². The fourth-order valence-corrected chi connectivity index (χ4v) is 2.54. The van der Waals surface area contributed by atoms with E-state index in [-0.39, 0.29) is 0 Å². The molecule has 0 aromatic heterocycles. The molecular weight excluding hydrogens is 238 g/mol. The highest BCUT2D eigenvalue weighted by Crippen LogP contribution is 2.19. The molecule has 3 heteroatoms. The Bertz CT molecular complexity index is 377. The summed E-state index contributed by atoms with van der Waals surface area (Å²) in [6, 6.07) is 8.02. The normalized spacial score (nSPS) is 24.5. The molecular formula is C16H25NO2. The van der Waals surface area contributed by atoms with E-state index < -0.39 is 0 Å². The third-order valence-electron chi connectivity index (χ3n) is 4.06. The second-order valence-corrected chi connectivity index (χ2v) is 5.64. The smallest absolute Gasteiger partial charge is 0.115 e. The molecule has 3 nitrogen and oxygen atoms in total. The average Bonchev–Trinajstić information content (AvgIpc) is 2.81. The minimum absolute atomic E-state index is 0.338. The lowest BCUT2D eigenvalue weighted by atomic mass is 10.0. The van der Waals surface area contributed by atoms with Crippen LogP contribution >= 0.6 is 0 Å². The Kier molecular flexibility index (Phi) is 5.23. The second-order valence-electron chi connectivity index (χ2n) is 5.64. The van der Waals surface area contributed by atoms with Crippen LogP contribution in [-0.4, -0.2) is 30.4 Å². The van der Waals surface area contributed by atoms with Crippen LogP contribution in [0.25, 0.3) is 0 Å². The zero-order valence-corrected chi connectivity index (χ0v) is 11.9. The van der Waals surface area contributed by atoms with Gasteiger partial charge in [0.2, 0.25) is 0 Å². The van der Waals surface area contributed by atoms with Gasteiger partial charge < -0.3 is 15.2 Å². The van der Waals surface area contributed by atoms with Gasteiger partial charge in [-0.05, 0) is 56.7 Å². The maximum absolute atomic E-state index is 9.24. The van der Waals surface area contributed by atoms with Crippen LogP contribution in [0.5, 0.6) is 5.75 Å². The van der Waals surface area contributed by atoms with Crippen molar-refractivity contribution < 1.29 is 9.84 Å². The first-order valence-electron chi connectivity index (χ1n) is 7.28. The molecule has 1 aromatic carbocycles. The molecule has 0 saturated carbocycles. The molecule has 1 aliphatic heterocycles. The maximum atomic E-state index is 9.24. The Morgan fingerprint density at radius 1 is 1.37 bits per heavy atom. The summed E-state index contributed by atoms with van der Waals surface area (Å²) in [5.74, 6) is 1.00. The molecule has 2 N–H and O–H groups in total. The molecule has 19 heavy (non-hydrogen) atoms. The van der Waals surface area contributed by atoms with Crippen molar-refractivity contribution in [2.45, 2.75) is 45.3 Å². The van der Waals surface area contributed by atoms with Gasteiger partial charge in [-0.15, -0.1) is 0 Å². The number of rotatable bonds is 6. The highest BCUT2D eigenvalue weighted by atomic mass is 16.5. The molecule has 0 radical (unpaired) electrons. The predicted molar refractivity (Wildman–Crippen MR) is 77.4 cm³/mol. The molecule has 0 aliphatic carbocycles. The van der Waals surface area contributed by atoms with Gasteiger partial charge in [0, 0.05) is 19.2 Å². The Hall–Kier alpha value is -1.06. The van der Waals surface area contributed by atoms with Crippen LogP contribution in [0.3, 0.4) is 0 Å². The van der Waals surface area contributed by atoms with Crippen molar-refractivity contribution in [1.29, 1.82) is 0 Å². The van der Waals surface area contributed by atoms with Crippen molar-refractivity contribution in [3.05, 3.63) is 29.8 Å². The summed E-state index contributed by atoms with van der Waals surface area (Å²) in [5, 5.41) is 12.8. The highest BCUT2D eigenvalue weighted by molar-refractivity contribution is 5.25. The molecule has 1 aromatic rings. The van der Waals surface area contributed by atoms with E-state index in [9.17, 15) is 5.11 Å². The molecule has 1 fully saturated rings. The molecule has 1 heterocycles. The fraction of sp³-hybridized carbons (Fsp3) is 0.625. The number of phenolic OH excluding ortho intramolecular Hbond substituents is 1. The summed E-state index contributed by atoms with van der Waals surface area (Å²) >= 11 is 0. The molecule has 106 valence electrons. The van der Waals surface area contributed by atoms with E-state index in [1.165, 1.54) is 12.0 Å². The topological polar surface area (TPSA) is 41.5 Å². The van der Waals surface area contributed by atoms with Gasteiger partial charge in [-0.2, -0.15) is 0 Å². The first kappa shape index (κ1) is 14.4. The number of phenols is 1. The number of aromatic hydroxyl groups is 1. The Labute approximate surface area is 116 Å². The van der Waals surface area contributed by atoms with Crippen LogP contribution < -0.4 is 5.32 Å². The van der Waals surface area contributed by atoms with Crippen LogP contribution in [-0.2, 0) is 11.2 Å². The molecule has 0 amide bonds. The first-order chi connectivity index (χ1) is 9.15. The summed E-state index contributed by atoms with van der Waals surface area (Å²) in [6.07, 6.45) is 3.74. The zero-order chi connectivity index (χ0) is 13.7. The van der Waals surface area contributed by atoms with Gasteiger partial charge in [0.05, 0.1) is 6.10 Å². The number of hydrogen-bond acceptors (Lipinski definition) is 3. The lowest BCUT2D eigenvalue weighted by Gasteiger charge is -2.19. The third kappa shape index (κ3) is 4.51. The Morgan fingerprint density at radius 2 is 2.11 bits per heavy atom. The third-order valence-corrected chi connectivity index (χ3v) is 4.06. The van der Waals surface area contributed by atoms with Gasteiger partial charge in [-0.25, -0.2) is 0 Å². The van der Waals surface area contributed by atoms with Crippen molar-refractivity contribution in [3.8, 4) is 5.75 Å². The highest BCUT2D eigenvalue weighted by Gasteiger charge is 2.23. The first-order valence-corrected chi connectivity index (χ1v) is 7.28.